The van der Waals surface area contributed by atoms with Crippen molar-refractivity contribution in [2.75, 3.05) is 13.7 Å². The normalized spacial score (nSPS) is 20.3. The van der Waals surface area contributed by atoms with Crippen molar-refractivity contribution in [2.24, 2.45) is 5.73 Å². The van der Waals surface area contributed by atoms with E-state index in [0.29, 0.717) is 12.6 Å². The fourth-order valence-electron chi connectivity index (χ4n) is 1.94. The van der Waals surface area contributed by atoms with Crippen LogP contribution in [0.2, 0.25) is 0 Å². The molecule has 0 radical (unpaired) electrons. The van der Waals surface area contributed by atoms with Crippen molar-refractivity contribution >= 4 is 0 Å². The minimum absolute atomic E-state index is 0.412. The zero-order valence-corrected chi connectivity index (χ0v) is 8.42. The van der Waals surface area contributed by atoms with Gasteiger partial charge >= 0.3 is 0 Å². The van der Waals surface area contributed by atoms with Crippen molar-refractivity contribution in [2.45, 2.75) is 19.0 Å². The fraction of sp³-hybridized carbons (Fsp3) is 0.455. The highest BCUT2D eigenvalue weighted by molar-refractivity contribution is 5.42. The molecule has 0 saturated carbocycles. The Morgan fingerprint density at radius 2 is 2.43 bits per heavy atom. The van der Waals surface area contributed by atoms with Gasteiger partial charge in [-0.05, 0) is 18.1 Å². The number of hydrogen-bond acceptors (Lipinski definition) is 3. The molecular formula is C11H16N2O. The predicted molar refractivity (Wildman–Crippen MR) is 56.4 cm³/mol. The van der Waals surface area contributed by atoms with Crippen molar-refractivity contribution < 1.29 is 4.74 Å². The molecule has 3 N–H and O–H groups in total. The number of fused-ring (bicyclic) bond motifs is 1. The smallest absolute Gasteiger partial charge is 0.123 e. The van der Waals surface area contributed by atoms with Crippen LogP contribution in [-0.4, -0.2) is 19.7 Å². The second kappa shape index (κ2) is 3.98. The number of benzene rings is 1. The number of nitrogens with one attached hydrogen (secondary N) is 1. The van der Waals surface area contributed by atoms with Gasteiger partial charge in [0.2, 0.25) is 0 Å². The minimum Gasteiger partial charge on any atom is -0.496 e. The summed E-state index contributed by atoms with van der Waals surface area (Å²) in [5.74, 6) is 0.977. The molecule has 1 aromatic carbocycles. The number of rotatable bonds is 2. The lowest BCUT2D eigenvalue weighted by Crippen LogP contribution is -2.41. The summed E-state index contributed by atoms with van der Waals surface area (Å²) in [5, 5.41) is 3.39. The zero-order chi connectivity index (χ0) is 9.97. The monoisotopic (exact) mass is 192 g/mol. The molecule has 0 bridgehead atoms. The van der Waals surface area contributed by atoms with Crippen LogP contribution in [0.5, 0.6) is 5.75 Å². The summed E-state index contributed by atoms with van der Waals surface area (Å²) in [6, 6.07) is 6.61. The fourth-order valence-corrected chi connectivity index (χ4v) is 1.94. The first-order valence-electron chi connectivity index (χ1n) is 4.93. The summed E-state index contributed by atoms with van der Waals surface area (Å²) >= 11 is 0. The standard InChI is InChI=1S/C11H16N2O/c1-14-11-4-2-3-8-5-9(6-12)13-7-10(8)11/h2-4,9,13H,5-7,12H2,1H3. The maximum absolute atomic E-state index is 5.64. The van der Waals surface area contributed by atoms with Gasteiger partial charge in [0.25, 0.3) is 0 Å². The first-order valence-corrected chi connectivity index (χ1v) is 4.93. The van der Waals surface area contributed by atoms with Gasteiger partial charge in [-0.1, -0.05) is 12.1 Å². The van der Waals surface area contributed by atoms with Crippen LogP contribution in [-0.2, 0) is 13.0 Å². The Kier molecular flexibility index (Phi) is 2.70. The molecule has 1 aliphatic rings. The maximum Gasteiger partial charge on any atom is 0.123 e. The van der Waals surface area contributed by atoms with E-state index in [1.165, 1.54) is 11.1 Å². The Balaban J connectivity index is 2.30. The molecule has 0 amide bonds. The Labute approximate surface area is 84.3 Å². The molecule has 0 saturated heterocycles. The molecule has 0 fully saturated rings. The highest BCUT2D eigenvalue weighted by Crippen LogP contribution is 2.25. The lowest BCUT2D eigenvalue weighted by atomic mass is 9.95. The largest absolute Gasteiger partial charge is 0.496 e. The summed E-state index contributed by atoms with van der Waals surface area (Å²) in [7, 11) is 1.71. The average Bonchev–Trinajstić information content (AvgIpc) is 2.27. The van der Waals surface area contributed by atoms with Crippen LogP contribution < -0.4 is 15.8 Å². The van der Waals surface area contributed by atoms with Crippen LogP contribution in [0.4, 0.5) is 0 Å². The SMILES string of the molecule is COc1cccc2c1CNC(CN)C2. The van der Waals surface area contributed by atoms with Crippen molar-refractivity contribution in [3.8, 4) is 5.75 Å². The van der Waals surface area contributed by atoms with Gasteiger partial charge in [-0.15, -0.1) is 0 Å². The Hall–Kier alpha value is -1.06. The van der Waals surface area contributed by atoms with Crippen molar-refractivity contribution in [3.63, 3.8) is 0 Å². The second-order valence-electron chi connectivity index (χ2n) is 3.62. The van der Waals surface area contributed by atoms with Gasteiger partial charge in [-0.2, -0.15) is 0 Å². The van der Waals surface area contributed by atoms with Gasteiger partial charge in [-0.3, -0.25) is 0 Å². The third kappa shape index (κ3) is 1.61. The molecule has 1 aliphatic heterocycles. The van der Waals surface area contributed by atoms with Gasteiger partial charge < -0.3 is 15.8 Å². The molecule has 1 unspecified atom stereocenters. The van der Waals surface area contributed by atoms with Crippen LogP contribution in [0.3, 0.4) is 0 Å². The molecule has 2 rings (SSSR count). The quantitative estimate of drug-likeness (QED) is 0.724. The third-order valence-electron chi connectivity index (χ3n) is 2.77. The van der Waals surface area contributed by atoms with E-state index in [0.717, 1.165) is 18.7 Å². The van der Waals surface area contributed by atoms with E-state index in [9.17, 15) is 0 Å². The lowest BCUT2D eigenvalue weighted by Gasteiger charge is -2.26. The average molecular weight is 192 g/mol. The number of nitrogens with two attached hydrogens (primary N) is 1. The van der Waals surface area contributed by atoms with Gasteiger partial charge in [0.05, 0.1) is 7.11 Å². The van der Waals surface area contributed by atoms with Crippen molar-refractivity contribution in [1.82, 2.24) is 5.32 Å². The zero-order valence-electron chi connectivity index (χ0n) is 8.42. The highest BCUT2D eigenvalue weighted by Gasteiger charge is 2.18. The van der Waals surface area contributed by atoms with E-state index < -0.39 is 0 Å². The maximum atomic E-state index is 5.64. The minimum atomic E-state index is 0.412. The Bertz CT molecular complexity index is 325. The lowest BCUT2D eigenvalue weighted by molar-refractivity contribution is 0.397. The summed E-state index contributed by atoms with van der Waals surface area (Å²) in [5.41, 5.74) is 8.27. The van der Waals surface area contributed by atoms with E-state index in [-0.39, 0.29) is 0 Å². The van der Waals surface area contributed by atoms with Gasteiger partial charge in [-0.25, -0.2) is 0 Å². The van der Waals surface area contributed by atoms with Crippen LogP contribution in [0.15, 0.2) is 18.2 Å². The van der Waals surface area contributed by atoms with Crippen molar-refractivity contribution in [1.29, 1.82) is 0 Å². The van der Waals surface area contributed by atoms with E-state index >= 15 is 0 Å². The first kappa shape index (κ1) is 9.49. The predicted octanol–water partition coefficient (Wildman–Crippen LogP) is 0.668. The molecule has 1 aromatic rings. The number of ether oxygens (including phenoxy) is 1. The molecule has 0 aliphatic carbocycles. The molecule has 0 spiro atoms. The molecule has 76 valence electrons. The molecule has 1 atom stereocenters. The second-order valence-corrected chi connectivity index (χ2v) is 3.62. The van der Waals surface area contributed by atoms with Gasteiger partial charge in [0.15, 0.2) is 0 Å². The summed E-state index contributed by atoms with van der Waals surface area (Å²) in [6.45, 7) is 1.55. The van der Waals surface area contributed by atoms with Gasteiger partial charge in [0, 0.05) is 24.7 Å². The van der Waals surface area contributed by atoms with Crippen molar-refractivity contribution in [3.05, 3.63) is 29.3 Å². The Morgan fingerprint density at radius 3 is 3.14 bits per heavy atom. The van der Waals surface area contributed by atoms with Gasteiger partial charge in [0.1, 0.15) is 5.75 Å². The molecule has 0 aromatic heterocycles. The number of methoxy groups -OCH3 is 1. The molecule has 14 heavy (non-hydrogen) atoms. The molecular weight excluding hydrogens is 176 g/mol. The van der Waals surface area contributed by atoms with Crippen LogP contribution in [0.25, 0.3) is 0 Å². The summed E-state index contributed by atoms with van der Waals surface area (Å²) in [6.07, 6.45) is 1.00. The Morgan fingerprint density at radius 1 is 1.57 bits per heavy atom. The summed E-state index contributed by atoms with van der Waals surface area (Å²) in [4.78, 5) is 0. The highest BCUT2D eigenvalue weighted by atomic mass is 16.5. The molecule has 3 nitrogen and oxygen atoms in total. The molecule has 3 heteroatoms. The van der Waals surface area contributed by atoms with E-state index in [2.05, 4.69) is 11.4 Å². The van der Waals surface area contributed by atoms with E-state index in [1.54, 1.807) is 7.11 Å². The van der Waals surface area contributed by atoms with Crippen LogP contribution in [0.1, 0.15) is 11.1 Å². The van der Waals surface area contributed by atoms with E-state index in [4.69, 9.17) is 10.5 Å². The third-order valence-corrected chi connectivity index (χ3v) is 2.77. The topological polar surface area (TPSA) is 47.3 Å². The summed E-state index contributed by atoms with van der Waals surface area (Å²) < 4.78 is 5.31. The molecule has 1 heterocycles. The first-order chi connectivity index (χ1) is 6.85. The van der Waals surface area contributed by atoms with E-state index in [1.807, 2.05) is 12.1 Å². The van der Waals surface area contributed by atoms with Crippen LogP contribution >= 0.6 is 0 Å². The van der Waals surface area contributed by atoms with Crippen LogP contribution in [0, 0.1) is 0 Å². The number of hydrogen-bond donors (Lipinski definition) is 2.